The van der Waals surface area contributed by atoms with Gasteiger partial charge in [-0.1, -0.05) is 165 Å². The van der Waals surface area contributed by atoms with E-state index < -0.39 is 0 Å². The smallest absolute Gasteiger partial charge is 0.149 e. The van der Waals surface area contributed by atoms with Gasteiger partial charge in [-0.25, -0.2) is 4.98 Å². The Kier molecular flexibility index (Phi) is 11.4. The fourth-order valence-corrected chi connectivity index (χ4v) is 9.48. The van der Waals surface area contributed by atoms with Gasteiger partial charge in [-0.15, -0.1) is 0 Å². The number of rotatable bonds is 8. The lowest BCUT2D eigenvalue weighted by molar-refractivity contribution is 0.475. The zero-order valence-corrected chi connectivity index (χ0v) is 41.2. The zero-order valence-electron chi connectivity index (χ0n) is 41.2. The Morgan fingerprint density at radius 3 is 1.55 bits per heavy atom. The molecule has 10 rings (SSSR count). The second kappa shape index (κ2) is 17.4. The van der Waals surface area contributed by atoms with Gasteiger partial charge < -0.3 is 10.0 Å². The molecular formula is C64H60N4O. The minimum absolute atomic E-state index is 0.0365. The summed E-state index contributed by atoms with van der Waals surface area (Å²) in [6.45, 7) is 20.2. The molecular weight excluding hydrogens is 841 g/mol. The van der Waals surface area contributed by atoms with Gasteiger partial charge in [-0.05, 0) is 140 Å². The summed E-state index contributed by atoms with van der Waals surface area (Å²) < 4.78 is 2.24. The summed E-state index contributed by atoms with van der Waals surface area (Å²) in [5.41, 5.74) is 17.1. The van der Waals surface area contributed by atoms with Crippen molar-refractivity contribution in [1.82, 2.24) is 14.5 Å². The number of hydrogen-bond acceptors (Lipinski definition) is 4. The number of aromatic nitrogens is 3. The molecule has 0 aliphatic carbocycles. The van der Waals surface area contributed by atoms with Crippen LogP contribution in [0.4, 0.5) is 17.1 Å². The van der Waals surface area contributed by atoms with Crippen molar-refractivity contribution >= 4 is 39.0 Å². The SMILES string of the molecule is CC(C)(C)c1ccc(-n2c(-c3cc(C(C)(C)C)ccc3O)nc3c(-c4cccc(-c5cc(C(C)(C)C)cc6c(-c7ccccc7)ccnc56)c4)cc(N(c4ccccc4)c4ccccc4)cc32)cc1. The lowest BCUT2D eigenvalue weighted by atomic mass is 9.83. The Balaban J connectivity index is 1.30. The summed E-state index contributed by atoms with van der Waals surface area (Å²) in [6, 6.07) is 66.7. The molecule has 0 amide bonds. The summed E-state index contributed by atoms with van der Waals surface area (Å²) >= 11 is 0. The van der Waals surface area contributed by atoms with Gasteiger partial charge in [0.15, 0.2) is 0 Å². The van der Waals surface area contributed by atoms with Crippen LogP contribution in [-0.4, -0.2) is 19.6 Å². The van der Waals surface area contributed by atoms with Crippen LogP contribution in [0.1, 0.15) is 79.0 Å². The van der Waals surface area contributed by atoms with Gasteiger partial charge in [-0.2, -0.15) is 0 Å². The van der Waals surface area contributed by atoms with E-state index in [9.17, 15) is 5.11 Å². The van der Waals surface area contributed by atoms with Crippen molar-refractivity contribution in [3.63, 3.8) is 0 Å². The molecule has 5 heteroatoms. The van der Waals surface area contributed by atoms with Gasteiger partial charge >= 0.3 is 0 Å². The van der Waals surface area contributed by atoms with Crippen molar-refractivity contribution in [2.45, 2.75) is 78.6 Å². The first kappa shape index (κ1) is 45.0. The number of aromatic hydroxyl groups is 1. The fraction of sp³-hybridized carbons (Fsp3) is 0.188. The molecule has 0 saturated heterocycles. The molecule has 2 heterocycles. The highest BCUT2D eigenvalue weighted by atomic mass is 16.3. The monoisotopic (exact) mass is 900 g/mol. The van der Waals surface area contributed by atoms with Gasteiger partial charge in [0, 0.05) is 45.5 Å². The Bertz CT molecular complexity index is 3440. The van der Waals surface area contributed by atoms with E-state index in [1.807, 2.05) is 18.3 Å². The summed E-state index contributed by atoms with van der Waals surface area (Å²) in [5, 5.41) is 13.0. The van der Waals surface area contributed by atoms with Crippen molar-refractivity contribution < 1.29 is 5.11 Å². The quantitative estimate of drug-likeness (QED) is 0.165. The number of imidazole rings is 1. The molecule has 0 atom stereocenters. The Morgan fingerprint density at radius 1 is 0.420 bits per heavy atom. The maximum atomic E-state index is 11.9. The van der Waals surface area contributed by atoms with Crippen LogP contribution < -0.4 is 4.90 Å². The molecule has 0 spiro atoms. The molecule has 69 heavy (non-hydrogen) atoms. The average molecular weight is 901 g/mol. The van der Waals surface area contributed by atoms with Crippen LogP contribution in [0.3, 0.4) is 0 Å². The van der Waals surface area contributed by atoms with Crippen molar-refractivity contribution in [3.8, 4) is 56.2 Å². The maximum Gasteiger partial charge on any atom is 0.149 e. The van der Waals surface area contributed by atoms with Crippen molar-refractivity contribution in [1.29, 1.82) is 0 Å². The normalized spacial score (nSPS) is 12.2. The van der Waals surface area contributed by atoms with Gasteiger partial charge in [-0.3, -0.25) is 9.55 Å². The summed E-state index contributed by atoms with van der Waals surface area (Å²) in [7, 11) is 0. The third-order valence-corrected chi connectivity index (χ3v) is 13.4. The Hall–Kier alpha value is -7.76. The molecule has 0 saturated carbocycles. The van der Waals surface area contributed by atoms with E-state index in [-0.39, 0.29) is 22.0 Å². The molecule has 1 N–H and O–H groups in total. The lowest BCUT2D eigenvalue weighted by Crippen LogP contribution is -2.12. The van der Waals surface area contributed by atoms with Crippen LogP contribution in [0.15, 0.2) is 194 Å². The fourth-order valence-electron chi connectivity index (χ4n) is 9.48. The number of para-hydroxylation sites is 2. The number of anilines is 3. The third-order valence-electron chi connectivity index (χ3n) is 13.4. The average Bonchev–Trinajstić information content (AvgIpc) is 3.73. The van der Waals surface area contributed by atoms with E-state index in [0.717, 1.165) is 83.6 Å². The molecule has 0 aliphatic rings. The van der Waals surface area contributed by atoms with Gasteiger partial charge in [0.1, 0.15) is 11.6 Å². The Morgan fingerprint density at radius 2 is 0.957 bits per heavy atom. The highest BCUT2D eigenvalue weighted by molar-refractivity contribution is 6.04. The van der Waals surface area contributed by atoms with E-state index in [0.29, 0.717) is 11.4 Å². The number of phenols is 1. The molecule has 2 aromatic heterocycles. The molecule has 0 radical (unpaired) electrons. The van der Waals surface area contributed by atoms with Gasteiger partial charge in [0.2, 0.25) is 0 Å². The molecule has 0 fully saturated rings. The number of phenolic OH excluding ortho intramolecular Hbond substituents is 1. The summed E-state index contributed by atoms with van der Waals surface area (Å²) in [4.78, 5) is 13.1. The van der Waals surface area contributed by atoms with Crippen molar-refractivity contribution in [2.75, 3.05) is 4.90 Å². The predicted octanol–water partition coefficient (Wildman–Crippen LogP) is 17.3. The molecule has 10 aromatic rings. The zero-order chi connectivity index (χ0) is 48.2. The standard InChI is InChI=1S/C64H60N4O/c1-62(2,3)45-28-31-50(32-29-45)68-57-41-51(67(48-24-15-11-16-25-48)49-26-17-12-18-27-49)40-54(60(57)66-61(68)56-37-46(63(4,5)6)30-33-58(56)69)44-23-19-22-43(36-44)53-38-47(64(7,8)9)39-55-52(34-35-65-59(53)55)42-20-13-10-14-21-42/h10-41,69H,1-9H3. The maximum absolute atomic E-state index is 11.9. The number of fused-ring (bicyclic) bond motifs is 2. The van der Waals surface area contributed by atoms with Crippen LogP contribution in [0.25, 0.3) is 72.4 Å². The minimum Gasteiger partial charge on any atom is -0.507 e. The summed E-state index contributed by atoms with van der Waals surface area (Å²) in [5.74, 6) is 0.844. The summed E-state index contributed by atoms with van der Waals surface area (Å²) in [6.07, 6.45) is 1.94. The molecule has 8 aromatic carbocycles. The van der Waals surface area contributed by atoms with Crippen molar-refractivity contribution in [3.05, 3.63) is 211 Å². The topological polar surface area (TPSA) is 54.2 Å². The van der Waals surface area contributed by atoms with Crippen molar-refractivity contribution in [2.24, 2.45) is 0 Å². The molecule has 342 valence electrons. The number of pyridine rings is 1. The van der Waals surface area contributed by atoms with Crippen LogP contribution in [0.2, 0.25) is 0 Å². The van der Waals surface area contributed by atoms with Crippen LogP contribution >= 0.6 is 0 Å². The molecule has 0 aliphatic heterocycles. The highest BCUT2D eigenvalue weighted by Gasteiger charge is 2.26. The highest BCUT2D eigenvalue weighted by Crippen LogP contribution is 2.46. The first-order valence-electron chi connectivity index (χ1n) is 24.0. The number of benzene rings is 8. The Labute approximate surface area is 407 Å². The van der Waals surface area contributed by atoms with E-state index in [4.69, 9.17) is 9.97 Å². The minimum atomic E-state index is -0.163. The number of nitrogens with zero attached hydrogens (tertiary/aromatic N) is 4. The predicted molar refractivity (Wildman–Crippen MR) is 291 cm³/mol. The van der Waals surface area contributed by atoms with Gasteiger partial charge in [0.05, 0.1) is 22.1 Å². The van der Waals surface area contributed by atoms with E-state index in [2.05, 4.69) is 248 Å². The van der Waals surface area contributed by atoms with Gasteiger partial charge in [0.25, 0.3) is 0 Å². The third kappa shape index (κ3) is 8.70. The van der Waals surface area contributed by atoms with E-state index >= 15 is 0 Å². The molecule has 0 bridgehead atoms. The van der Waals surface area contributed by atoms with Crippen LogP contribution in [0.5, 0.6) is 5.75 Å². The first-order valence-corrected chi connectivity index (χ1v) is 24.0. The van der Waals surface area contributed by atoms with E-state index in [1.165, 1.54) is 11.1 Å². The number of hydrogen-bond donors (Lipinski definition) is 1. The largest absolute Gasteiger partial charge is 0.507 e. The van der Waals surface area contributed by atoms with Crippen LogP contribution in [-0.2, 0) is 16.2 Å². The molecule has 5 nitrogen and oxygen atoms in total. The first-order chi connectivity index (χ1) is 33.0. The van der Waals surface area contributed by atoms with Crippen LogP contribution in [0, 0.1) is 0 Å². The molecule has 0 unspecified atom stereocenters. The van der Waals surface area contributed by atoms with E-state index in [1.54, 1.807) is 0 Å². The second-order valence-electron chi connectivity index (χ2n) is 21.4. The lowest BCUT2D eigenvalue weighted by Gasteiger charge is -2.26. The second-order valence-corrected chi connectivity index (χ2v) is 21.4.